The smallest absolute Gasteiger partial charge is 0.239 e. The molecule has 2 unspecified atom stereocenters. The van der Waals surface area contributed by atoms with Crippen LogP contribution in [-0.4, -0.2) is 27.7 Å². The van der Waals surface area contributed by atoms with Gasteiger partial charge in [-0.2, -0.15) is 4.98 Å². The van der Waals surface area contributed by atoms with E-state index in [9.17, 15) is 5.11 Å². The first-order chi connectivity index (χ1) is 8.20. The number of anilines is 2. The fraction of sp³-hybridized carbons (Fsp3) is 0.600. The normalized spacial score (nSPS) is 23.7. The van der Waals surface area contributed by atoms with Gasteiger partial charge < -0.3 is 10.4 Å². The minimum Gasteiger partial charge on any atom is -0.393 e. The van der Waals surface area contributed by atoms with E-state index in [2.05, 4.69) is 36.6 Å². The topological polar surface area (TPSA) is 96.1 Å². The van der Waals surface area contributed by atoms with Gasteiger partial charge in [-0.1, -0.05) is 6.42 Å². The van der Waals surface area contributed by atoms with Crippen molar-refractivity contribution in [3.8, 4) is 0 Å². The molecule has 1 saturated carbocycles. The number of aromatic nitrogens is 2. The van der Waals surface area contributed by atoms with Crippen LogP contribution in [0.5, 0.6) is 0 Å². The van der Waals surface area contributed by atoms with Gasteiger partial charge in [0.15, 0.2) is 0 Å². The molecule has 7 heteroatoms. The first-order valence-corrected chi connectivity index (χ1v) is 6.41. The quantitative estimate of drug-likeness (QED) is 0.491. The molecule has 0 aromatic carbocycles. The molecule has 6 nitrogen and oxygen atoms in total. The van der Waals surface area contributed by atoms with E-state index < -0.39 is 0 Å². The second-order valence-corrected chi connectivity index (χ2v) is 5.03. The zero-order valence-corrected chi connectivity index (χ0v) is 10.9. The van der Waals surface area contributed by atoms with Crippen molar-refractivity contribution in [2.24, 2.45) is 11.8 Å². The number of nitrogens with two attached hydrogens (primary N) is 1. The molecule has 1 aromatic heterocycles. The van der Waals surface area contributed by atoms with E-state index in [1.54, 1.807) is 6.20 Å². The Morgan fingerprint density at radius 2 is 2.35 bits per heavy atom. The van der Waals surface area contributed by atoms with Crippen molar-refractivity contribution >= 4 is 27.7 Å². The zero-order chi connectivity index (χ0) is 12.3. The van der Waals surface area contributed by atoms with Crippen LogP contribution in [0.4, 0.5) is 11.8 Å². The molecule has 0 spiro atoms. The molecule has 1 fully saturated rings. The van der Waals surface area contributed by atoms with Crippen LogP contribution in [0.3, 0.4) is 0 Å². The molecule has 0 bridgehead atoms. The number of aliphatic hydroxyl groups is 1. The Balaban J connectivity index is 1.98. The monoisotopic (exact) mass is 301 g/mol. The third-order valence-electron chi connectivity index (χ3n) is 3.02. The van der Waals surface area contributed by atoms with Crippen LogP contribution in [0.25, 0.3) is 0 Å². The molecule has 0 amide bonds. The number of hydrogen-bond acceptors (Lipinski definition) is 6. The number of halogens is 1. The van der Waals surface area contributed by atoms with E-state index in [4.69, 9.17) is 5.84 Å². The molecule has 94 valence electrons. The summed E-state index contributed by atoms with van der Waals surface area (Å²) < 4.78 is 0.781. The van der Waals surface area contributed by atoms with Crippen molar-refractivity contribution in [2.45, 2.75) is 25.4 Å². The van der Waals surface area contributed by atoms with E-state index in [-0.39, 0.29) is 6.10 Å². The lowest BCUT2D eigenvalue weighted by Gasteiger charge is -2.16. The highest BCUT2D eigenvalue weighted by Gasteiger charge is 2.25. The Hall–Kier alpha value is -0.920. The zero-order valence-electron chi connectivity index (χ0n) is 9.36. The predicted octanol–water partition coefficient (Wildman–Crippen LogP) is 1.10. The van der Waals surface area contributed by atoms with E-state index in [0.717, 1.165) is 23.7 Å². The number of rotatable bonds is 4. The molecule has 1 heterocycles. The molecule has 2 atom stereocenters. The van der Waals surface area contributed by atoms with Gasteiger partial charge >= 0.3 is 0 Å². The van der Waals surface area contributed by atoms with Gasteiger partial charge in [0, 0.05) is 18.7 Å². The third-order valence-corrected chi connectivity index (χ3v) is 3.60. The third kappa shape index (κ3) is 3.05. The first-order valence-electron chi connectivity index (χ1n) is 5.62. The molecule has 2 rings (SSSR count). The summed E-state index contributed by atoms with van der Waals surface area (Å²) in [7, 11) is 0. The second-order valence-electron chi connectivity index (χ2n) is 4.17. The SMILES string of the molecule is NNc1ncc(Br)c(NCC2CCCC2O)n1. The summed E-state index contributed by atoms with van der Waals surface area (Å²) >= 11 is 3.37. The first kappa shape index (κ1) is 12.5. The van der Waals surface area contributed by atoms with Gasteiger partial charge in [-0.25, -0.2) is 10.8 Å². The van der Waals surface area contributed by atoms with Crippen molar-refractivity contribution in [2.75, 3.05) is 17.3 Å². The number of hydrogen-bond donors (Lipinski definition) is 4. The van der Waals surface area contributed by atoms with Gasteiger partial charge in [0.05, 0.1) is 10.6 Å². The highest BCUT2D eigenvalue weighted by Crippen LogP contribution is 2.27. The standard InChI is InChI=1S/C10H16BrN5O/c11-7-5-14-10(16-12)15-9(7)13-4-6-2-1-3-8(6)17/h5-6,8,17H,1-4,12H2,(H2,13,14,15,16). The van der Waals surface area contributed by atoms with Crippen LogP contribution in [0, 0.1) is 5.92 Å². The Morgan fingerprint density at radius 3 is 3.00 bits per heavy atom. The summed E-state index contributed by atoms with van der Waals surface area (Å²) in [6.45, 7) is 0.709. The maximum absolute atomic E-state index is 9.72. The molecule has 5 N–H and O–H groups in total. The maximum Gasteiger partial charge on any atom is 0.239 e. The van der Waals surface area contributed by atoms with Gasteiger partial charge in [-0.15, -0.1) is 0 Å². The van der Waals surface area contributed by atoms with Gasteiger partial charge in [-0.3, -0.25) is 5.43 Å². The molecular formula is C10H16BrN5O. The lowest BCUT2D eigenvalue weighted by molar-refractivity contribution is 0.138. The molecule has 0 radical (unpaired) electrons. The van der Waals surface area contributed by atoms with E-state index >= 15 is 0 Å². The van der Waals surface area contributed by atoms with Crippen molar-refractivity contribution < 1.29 is 5.11 Å². The largest absolute Gasteiger partial charge is 0.393 e. The van der Waals surface area contributed by atoms with Crippen molar-refractivity contribution in [3.05, 3.63) is 10.7 Å². The minimum atomic E-state index is -0.199. The lowest BCUT2D eigenvalue weighted by Crippen LogP contribution is -2.22. The van der Waals surface area contributed by atoms with Gasteiger partial charge in [-0.05, 0) is 28.8 Å². The van der Waals surface area contributed by atoms with Crippen LogP contribution < -0.4 is 16.6 Å². The molecule has 1 aliphatic carbocycles. The predicted molar refractivity (Wildman–Crippen MR) is 69.4 cm³/mol. The molecule has 17 heavy (non-hydrogen) atoms. The molecular weight excluding hydrogens is 286 g/mol. The van der Waals surface area contributed by atoms with Crippen LogP contribution in [-0.2, 0) is 0 Å². The maximum atomic E-state index is 9.72. The van der Waals surface area contributed by atoms with Gasteiger partial charge in [0.2, 0.25) is 5.95 Å². The number of nitrogens with one attached hydrogen (secondary N) is 2. The number of aliphatic hydroxyl groups excluding tert-OH is 1. The number of nitrogens with zero attached hydrogens (tertiary/aromatic N) is 2. The molecule has 0 aliphatic heterocycles. The highest BCUT2D eigenvalue weighted by atomic mass is 79.9. The molecule has 1 aliphatic rings. The summed E-state index contributed by atoms with van der Waals surface area (Å²) in [6, 6.07) is 0. The molecule has 1 aromatic rings. The van der Waals surface area contributed by atoms with E-state index in [1.807, 2.05) is 0 Å². The van der Waals surface area contributed by atoms with Crippen LogP contribution in [0.15, 0.2) is 10.7 Å². The fourth-order valence-electron chi connectivity index (χ4n) is 2.04. The van der Waals surface area contributed by atoms with Crippen LogP contribution in [0.2, 0.25) is 0 Å². The fourth-order valence-corrected chi connectivity index (χ4v) is 2.37. The summed E-state index contributed by atoms with van der Waals surface area (Å²) in [4.78, 5) is 8.16. The summed E-state index contributed by atoms with van der Waals surface area (Å²) in [5, 5.41) is 12.9. The minimum absolute atomic E-state index is 0.199. The van der Waals surface area contributed by atoms with Crippen LogP contribution in [0.1, 0.15) is 19.3 Å². The van der Waals surface area contributed by atoms with Crippen molar-refractivity contribution in [1.82, 2.24) is 9.97 Å². The van der Waals surface area contributed by atoms with Gasteiger partial charge in [0.1, 0.15) is 5.82 Å². The van der Waals surface area contributed by atoms with Crippen molar-refractivity contribution in [1.29, 1.82) is 0 Å². The Morgan fingerprint density at radius 1 is 1.53 bits per heavy atom. The van der Waals surface area contributed by atoms with Crippen LogP contribution >= 0.6 is 15.9 Å². The average Bonchev–Trinajstić information content (AvgIpc) is 2.74. The number of hydrazine groups is 1. The Kier molecular flexibility index (Phi) is 4.14. The lowest BCUT2D eigenvalue weighted by atomic mass is 10.1. The van der Waals surface area contributed by atoms with E-state index in [1.165, 1.54) is 0 Å². The van der Waals surface area contributed by atoms with Gasteiger partial charge in [0.25, 0.3) is 0 Å². The van der Waals surface area contributed by atoms with Crippen molar-refractivity contribution in [3.63, 3.8) is 0 Å². The Labute approximate surface area is 108 Å². The number of nitrogen functional groups attached to an aromatic ring is 1. The summed E-state index contributed by atoms with van der Waals surface area (Å²) in [5.41, 5.74) is 2.40. The highest BCUT2D eigenvalue weighted by molar-refractivity contribution is 9.10. The Bertz CT molecular complexity index is 389. The second kappa shape index (κ2) is 5.61. The summed E-state index contributed by atoms with van der Waals surface area (Å²) in [6.07, 6.45) is 4.48. The molecule has 0 saturated heterocycles. The average molecular weight is 302 g/mol. The summed E-state index contributed by atoms with van der Waals surface area (Å²) in [5.74, 6) is 6.60. The van der Waals surface area contributed by atoms with E-state index in [0.29, 0.717) is 24.2 Å².